The fourth-order valence-electron chi connectivity index (χ4n) is 2.76. The van der Waals surface area contributed by atoms with Crippen LogP contribution in [0.2, 0.25) is 5.02 Å². The van der Waals surface area contributed by atoms with Gasteiger partial charge in [0.25, 0.3) is 0 Å². The standard InChI is InChI=1S/C20H21ClN4OS/c1-12-8-14(21)4-5-15(12)16-10-17(13-6-7-24-18(9-13)26-3)27-19(16)20(22)25-11-23-2/h4-10,23H,11H2,1-3H3,(H2,22,25). The highest BCUT2D eigenvalue weighted by Crippen LogP contribution is 2.39. The highest BCUT2D eigenvalue weighted by molar-refractivity contribution is 7.18. The maximum absolute atomic E-state index is 6.30. The van der Waals surface area contributed by atoms with Gasteiger partial charge in [0.15, 0.2) is 0 Å². The molecular formula is C20H21ClN4OS. The Hall–Kier alpha value is -2.41. The van der Waals surface area contributed by atoms with Crippen LogP contribution in [0.5, 0.6) is 5.88 Å². The number of nitrogens with zero attached hydrogens (tertiary/aromatic N) is 2. The van der Waals surface area contributed by atoms with Crippen LogP contribution in [0.3, 0.4) is 0 Å². The molecule has 0 bridgehead atoms. The molecule has 2 aromatic heterocycles. The van der Waals surface area contributed by atoms with Crippen LogP contribution < -0.4 is 15.8 Å². The van der Waals surface area contributed by atoms with E-state index in [1.165, 1.54) is 0 Å². The second-order valence-electron chi connectivity index (χ2n) is 5.95. The molecule has 27 heavy (non-hydrogen) atoms. The molecule has 0 unspecified atom stereocenters. The molecule has 0 spiro atoms. The summed E-state index contributed by atoms with van der Waals surface area (Å²) in [5, 5.41) is 3.71. The van der Waals surface area contributed by atoms with Gasteiger partial charge in [0.2, 0.25) is 5.88 Å². The van der Waals surface area contributed by atoms with Crippen molar-refractivity contribution in [3.8, 4) is 27.4 Å². The Morgan fingerprint density at radius 3 is 2.78 bits per heavy atom. The van der Waals surface area contributed by atoms with Crippen LogP contribution in [0.25, 0.3) is 21.6 Å². The summed E-state index contributed by atoms with van der Waals surface area (Å²) >= 11 is 7.73. The third-order valence-corrected chi connectivity index (χ3v) is 5.52. The Morgan fingerprint density at radius 2 is 2.07 bits per heavy atom. The first-order valence-corrected chi connectivity index (χ1v) is 9.58. The number of methoxy groups -OCH3 is 1. The number of rotatable bonds is 6. The third kappa shape index (κ3) is 4.30. The molecule has 0 aliphatic rings. The second kappa shape index (κ2) is 8.52. The average Bonchev–Trinajstić information content (AvgIpc) is 3.11. The van der Waals surface area contributed by atoms with Crippen molar-refractivity contribution in [2.45, 2.75) is 6.92 Å². The van der Waals surface area contributed by atoms with Crippen LogP contribution >= 0.6 is 22.9 Å². The molecule has 0 atom stereocenters. The molecule has 7 heteroatoms. The van der Waals surface area contributed by atoms with Crippen LogP contribution in [-0.2, 0) is 0 Å². The Labute approximate surface area is 167 Å². The zero-order chi connectivity index (χ0) is 19.4. The van der Waals surface area contributed by atoms with Crippen LogP contribution in [-0.4, -0.2) is 31.6 Å². The van der Waals surface area contributed by atoms with E-state index in [1.807, 2.05) is 44.3 Å². The van der Waals surface area contributed by atoms with Crippen molar-refractivity contribution >= 4 is 28.8 Å². The number of pyridine rings is 1. The fraction of sp³-hybridized carbons (Fsp3) is 0.200. The first-order valence-electron chi connectivity index (χ1n) is 8.39. The third-order valence-electron chi connectivity index (χ3n) is 4.08. The van der Waals surface area contributed by atoms with E-state index >= 15 is 0 Å². The van der Waals surface area contributed by atoms with Gasteiger partial charge in [-0.05, 0) is 54.9 Å². The molecule has 0 saturated heterocycles. The molecule has 140 valence electrons. The molecule has 0 amide bonds. The zero-order valence-corrected chi connectivity index (χ0v) is 17.0. The number of halogens is 1. The predicted molar refractivity (Wildman–Crippen MR) is 114 cm³/mol. The van der Waals surface area contributed by atoms with E-state index in [4.69, 9.17) is 22.1 Å². The second-order valence-corrected chi connectivity index (χ2v) is 7.44. The molecule has 0 saturated carbocycles. The monoisotopic (exact) mass is 400 g/mol. The molecule has 0 aliphatic heterocycles. The van der Waals surface area contributed by atoms with Gasteiger partial charge in [-0.15, -0.1) is 11.3 Å². The Balaban J connectivity index is 2.16. The van der Waals surface area contributed by atoms with Gasteiger partial charge in [-0.25, -0.2) is 4.98 Å². The topological polar surface area (TPSA) is 72.5 Å². The molecule has 5 nitrogen and oxygen atoms in total. The maximum atomic E-state index is 6.30. The molecule has 0 aliphatic carbocycles. The van der Waals surface area contributed by atoms with Crippen LogP contribution in [0.15, 0.2) is 47.6 Å². The quantitative estimate of drug-likeness (QED) is 0.477. The highest BCUT2D eigenvalue weighted by atomic mass is 35.5. The lowest BCUT2D eigenvalue weighted by Crippen LogP contribution is -2.17. The van der Waals surface area contributed by atoms with Gasteiger partial charge < -0.3 is 15.8 Å². The van der Waals surface area contributed by atoms with Crippen molar-refractivity contribution in [1.29, 1.82) is 0 Å². The number of nitrogens with one attached hydrogen (secondary N) is 1. The Kier molecular flexibility index (Phi) is 6.11. The van der Waals surface area contributed by atoms with E-state index in [-0.39, 0.29) is 0 Å². The molecule has 3 aromatic rings. The van der Waals surface area contributed by atoms with Crippen LogP contribution in [0, 0.1) is 6.92 Å². The summed E-state index contributed by atoms with van der Waals surface area (Å²) in [6, 6.07) is 11.9. The minimum absolute atomic E-state index is 0.460. The van der Waals surface area contributed by atoms with E-state index < -0.39 is 0 Å². The minimum atomic E-state index is 0.460. The Bertz CT molecular complexity index is 984. The summed E-state index contributed by atoms with van der Waals surface area (Å²) in [5.41, 5.74) is 10.5. The summed E-state index contributed by atoms with van der Waals surface area (Å²) in [7, 11) is 3.45. The largest absolute Gasteiger partial charge is 0.481 e. The summed E-state index contributed by atoms with van der Waals surface area (Å²) in [4.78, 5) is 10.6. The SMILES string of the molecule is CNC/N=C(\N)c1sc(-c2ccnc(OC)c2)cc1-c1ccc(Cl)cc1C. The van der Waals surface area contributed by atoms with E-state index in [1.54, 1.807) is 24.6 Å². The van der Waals surface area contributed by atoms with Crippen molar-refractivity contribution < 1.29 is 4.74 Å². The number of hydrogen-bond acceptors (Lipinski definition) is 5. The number of ether oxygens (including phenoxy) is 1. The van der Waals surface area contributed by atoms with Crippen molar-refractivity contribution in [2.75, 3.05) is 20.8 Å². The molecular weight excluding hydrogens is 380 g/mol. The summed E-state index contributed by atoms with van der Waals surface area (Å²) in [5.74, 6) is 1.08. The molecule has 2 heterocycles. The number of hydrogen-bond donors (Lipinski definition) is 2. The lowest BCUT2D eigenvalue weighted by atomic mass is 10.00. The van der Waals surface area contributed by atoms with Crippen molar-refractivity contribution in [1.82, 2.24) is 10.3 Å². The van der Waals surface area contributed by atoms with Gasteiger partial charge in [-0.3, -0.25) is 4.99 Å². The summed E-state index contributed by atoms with van der Waals surface area (Å²) in [6.45, 7) is 2.50. The van der Waals surface area contributed by atoms with Crippen LogP contribution in [0.4, 0.5) is 0 Å². The summed E-state index contributed by atoms with van der Waals surface area (Å²) in [6.07, 6.45) is 1.74. The first kappa shape index (κ1) is 19.4. The lowest BCUT2D eigenvalue weighted by molar-refractivity contribution is 0.398. The fourth-order valence-corrected chi connectivity index (χ4v) is 4.08. The van der Waals surface area contributed by atoms with Gasteiger partial charge >= 0.3 is 0 Å². The van der Waals surface area contributed by atoms with Gasteiger partial charge in [-0.1, -0.05) is 17.7 Å². The average molecular weight is 401 g/mol. The number of benzene rings is 1. The number of aliphatic imine (C=N–C) groups is 1. The van der Waals surface area contributed by atoms with E-state index in [0.717, 1.165) is 32.0 Å². The minimum Gasteiger partial charge on any atom is -0.481 e. The van der Waals surface area contributed by atoms with Gasteiger partial charge in [0.1, 0.15) is 5.84 Å². The molecule has 0 fully saturated rings. The number of aryl methyl sites for hydroxylation is 1. The highest BCUT2D eigenvalue weighted by Gasteiger charge is 2.17. The maximum Gasteiger partial charge on any atom is 0.213 e. The van der Waals surface area contributed by atoms with Crippen molar-refractivity contribution in [3.05, 3.63) is 58.1 Å². The van der Waals surface area contributed by atoms with E-state index in [0.29, 0.717) is 23.4 Å². The number of amidine groups is 1. The van der Waals surface area contributed by atoms with E-state index in [2.05, 4.69) is 21.4 Å². The van der Waals surface area contributed by atoms with E-state index in [9.17, 15) is 0 Å². The number of nitrogens with two attached hydrogens (primary N) is 1. The Morgan fingerprint density at radius 1 is 1.26 bits per heavy atom. The lowest BCUT2D eigenvalue weighted by Gasteiger charge is -2.08. The normalized spacial score (nSPS) is 11.6. The number of aromatic nitrogens is 1. The molecule has 3 rings (SSSR count). The van der Waals surface area contributed by atoms with Gasteiger partial charge in [0.05, 0.1) is 18.7 Å². The molecule has 1 aromatic carbocycles. The van der Waals surface area contributed by atoms with Crippen LogP contribution in [0.1, 0.15) is 10.4 Å². The number of thiophene rings is 1. The van der Waals surface area contributed by atoms with Crippen molar-refractivity contribution in [3.63, 3.8) is 0 Å². The molecule has 3 N–H and O–H groups in total. The van der Waals surface area contributed by atoms with Crippen molar-refractivity contribution in [2.24, 2.45) is 10.7 Å². The van der Waals surface area contributed by atoms with Gasteiger partial charge in [-0.2, -0.15) is 0 Å². The van der Waals surface area contributed by atoms with Gasteiger partial charge in [0, 0.05) is 27.7 Å². The zero-order valence-electron chi connectivity index (χ0n) is 15.4. The molecule has 0 radical (unpaired) electrons. The smallest absolute Gasteiger partial charge is 0.213 e. The predicted octanol–water partition coefficient (Wildman–Crippen LogP) is 4.33. The first-order chi connectivity index (χ1) is 13.0. The summed E-state index contributed by atoms with van der Waals surface area (Å²) < 4.78 is 5.25.